The molecule has 1 aromatic rings. The monoisotopic (exact) mass is 272 g/mol. The molecule has 0 spiro atoms. The van der Waals surface area contributed by atoms with Crippen molar-refractivity contribution in [1.82, 2.24) is 5.32 Å². The molecule has 0 saturated carbocycles. The fourth-order valence-electron chi connectivity index (χ4n) is 3.28. The highest BCUT2D eigenvalue weighted by Crippen LogP contribution is 2.39. The van der Waals surface area contributed by atoms with Crippen molar-refractivity contribution in [2.24, 2.45) is 11.7 Å². The summed E-state index contributed by atoms with van der Waals surface area (Å²) >= 11 is 0. The van der Waals surface area contributed by atoms with E-state index >= 15 is 0 Å². The summed E-state index contributed by atoms with van der Waals surface area (Å²) in [6.07, 6.45) is 5.44. The lowest BCUT2D eigenvalue weighted by Gasteiger charge is -2.31. The second-order valence-corrected chi connectivity index (χ2v) is 6.02. The van der Waals surface area contributed by atoms with Crippen LogP contribution in [0, 0.1) is 5.92 Å². The molecule has 1 saturated heterocycles. The molecule has 3 rings (SSSR count). The van der Waals surface area contributed by atoms with Crippen molar-refractivity contribution in [3.63, 3.8) is 0 Å². The second-order valence-electron chi connectivity index (χ2n) is 6.02. The number of hydrogen-bond acceptors (Lipinski definition) is 3. The van der Waals surface area contributed by atoms with Gasteiger partial charge in [0.25, 0.3) is 0 Å². The van der Waals surface area contributed by atoms with Gasteiger partial charge in [0.2, 0.25) is 0 Å². The number of nitrogens with two attached hydrogens (primary N) is 1. The summed E-state index contributed by atoms with van der Waals surface area (Å²) in [4.78, 5) is 0. The zero-order chi connectivity index (χ0) is 13.9. The van der Waals surface area contributed by atoms with Gasteiger partial charge in [-0.3, -0.25) is 0 Å². The van der Waals surface area contributed by atoms with E-state index < -0.39 is 0 Å². The van der Waals surface area contributed by atoms with Crippen LogP contribution >= 0.6 is 0 Å². The Morgan fingerprint density at radius 1 is 1.30 bits per heavy atom. The van der Waals surface area contributed by atoms with Crippen LogP contribution < -0.4 is 11.1 Å². The Bertz CT molecular complexity index is 471. The van der Waals surface area contributed by atoms with Crippen LogP contribution in [0.15, 0.2) is 42.2 Å². The summed E-state index contributed by atoms with van der Waals surface area (Å²) < 4.78 is 5.91. The molecule has 3 N–H and O–H groups in total. The molecule has 0 radical (unpaired) electrons. The maximum absolute atomic E-state index is 6.22. The van der Waals surface area contributed by atoms with Crippen molar-refractivity contribution in [3.8, 4) is 0 Å². The lowest BCUT2D eigenvalue weighted by Crippen LogP contribution is -2.49. The summed E-state index contributed by atoms with van der Waals surface area (Å²) in [7, 11) is 0. The molecular weight excluding hydrogens is 248 g/mol. The van der Waals surface area contributed by atoms with Crippen LogP contribution in [0.4, 0.5) is 0 Å². The van der Waals surface area contributed by atoms with Crippen LogP contribution in [0.25, 0.3) is 0 Å². The first-order chi connectivity index (χ1) is 9.75. The van der Waals surface area contributed by atoms with Gasteiger partial charge in [-0.15, -0.1) is 0 Å². The third-order valence-electron chi connectivity index (χ3n) is 4.63. The molecule has 1 fully saturated rings. The molecule has 4 unspecified atom stereocenters. The van der Waals surface area contributed by atoms with Crippen molar-refractivity contribution in [2.75, 3.05) is 6.54 Å². The normalized spacial score (nSPS) is 33.6. The van der Waals surface area contributed by atoms with E-state index in [1.54, 1.807) is 0 Å². The average Bonchev–Trinajstić information content (AvgIpc) is 2.84. The third-order valence-corrected chi connectivity index (χ3v) is 4.63. The highest BCUT2D eigenvalue weighted by atomic mass is 16.5. The number of nitrogens with one attached hydrogen (secondary N) is 1. The Hall–Kier alpha value is -1.32. The van der Waals surface area contributed by atoms with Gasteiger partial charge >= 0.3 is 0 Å². The second kappa shape index (κ2) is 5.98. The molecule has 2 aliphatic rings. The van der Waals surface area contributed by atoms with E-state index in [9.17, 15) is 0 Å². The van der Waals surface area contributed by atoms with Crippen LogP contribution in [0.2, 0.25) is 0 Å². The first-order valence-corrected chi connectivity index (χ1v) is 7.64. The van der Waals surface area contributed by atoms with Crippen LogP contribution in [0.5, 0.6) is 0 Å². The van der Waals surface area contributed by atoms with Gasteiger partial charge in [0.1, 0.15) is 6.10 Å². The van der Waals surface area contributed by atoms with Gasteiger partial charge in [-0.2, -0.15) is 0 Å². The van der Waals surface area contributed by atoms with E-state index in [0.717, 1.165) is 19.4 Å². The van der Waals surface area contributed by atoms with E-state index in [2.05, 4.69) is 36.5 Å². The standard InChI is InChI=1S/C17H24N2O/c1-12-14(10-16-15(18)8-5-9-19-16)11-20-17(12)13-6-3-2-4-7-13/h2-4,6-7,11-12,15-17,19H,5,8-10,18H2,1H3. The predicted molar refractivity (Wildman–Crippen MR) is 81.1 cm³/mol. The molecular formula is C17H24N2O. The fraction of sp³-hybridized carbons (Fsp3) is 0.529. The van der Waals surface area contributed by atoms with Crippen LogP contribution in [-0.4, -0.2) is 18.6 Å². The molecule has 0 aliphatic carbocycles. The lowest BCUT2D eigenvalue weighted by molar-refractivity contribution is 0.141. The van der Waals surface area contributed by atoms with Crippen molar-refractivity contribution in [2.45, 2.75) is 44.4 Å². The lowest BCUT2D eigenvalue weighted by atomic mass is 9.86. The number of ether oxygens (including phenoxy) is 1. The van der Waals surface area contributed by atoms with E-state index in [-0.39, 0.29) is 12.1 Å². The van der Waals surface area contributed by atoms with E-state index in [4.69, 9.17) is 10.5 Å². The molecule has 2 aliphatic heterocycles. The van der Waals surface area contributed by atoms with Crippen molar-refractivity contribution in [3.05, 3.63) is 47.7 Å². The summed E-state index contributed by atoms with van der Waals surface area (Å²) in [5.41, 5.74) is 8.86. The highest BCUT2D eigenvalue weighted by molar-refractivity contribution is 5.25. The SMILES string of the molecule is CC1C(CC2NCCCC2N)=COC1c1ccccc1. The minimum Gasteiger partial charge on any atom is -0.493 e. The molecule has 108 valence electrons. The quantitative estimate of drug-likeness (QED) is 0.889. The van der Waals surface area contributed by atoms with E-state index in [1.807, 2.05) is 12.3 Å². The highest BCUT2D eigenvalue weighted by Gasteiger charge is 2.32. The average molecular weight is 272 g/mol. The van der Waals surface area contributed by atoms with E-state index in [0.29, 0.717) is 12.0 Å². The Labute approximate surface area is 121 Å². The Balaban J connectivity index is 1.65. The first-order valence-electron chi connectivity index (χ1n) is 7.64. The summed E-state index contributed by atoms with van der Waals surface area (Å²) in [5.74, 6) is 0.424. The Morgan fingerprint density at radius 3 is 2.85 bits per heavy atom. The molecule has 20 heavy (non-hydrogen) atoms. The summed E-state index contributed by atoms with van der Waals surface area (Å²) in [6, 6.07) is 11.1. The van der Waals surface area contributed by atoms with Gasteiger partial charge in [0.15, 0.2) is 0 Å². The van der Waals surface area contributed by atoms with Gasteiger partial charge in [0, 0.05) is 18.0 Å². The minimum atomic E-state index is 0.158. The molecule has 0 amide bonds. The van der Waals surface area contributed by atoms with Crippen LogP contribution in [0.3, 0.4) is 0 Å². The van der Waals surface area contributed by atoms with Crippen LogP contribution in [-0.2, 0) is 4.74 Å². The van der Waals surface area contributed by atoms with E-state index in [1.165, 1.54) is 17.6 Å². The van der Waals surface area contributed by atoms with Gasteiger partial charge in [-0.1, -0.05) is 37.3 Å². The largest absolute Gasteiger partial charge is 0.493 e. The number of piperidine rings is 1. The van der Waals surface area contributed by atoms with Gasteiger partial charge in [0.05, 0.1) is 6.26 Å². The van der Waals surface area contributed by atoms with Gasteiger partial charge < -0.3 is 15.8 Å². The maximum Gasteiger partial charge on any atom is 0.129 e. The fourth-order valence-corrected chi connectivity index (χ4v) is 3.28. The molecule has 0 bridgehead atoms. The van der Waals surface area contributed by atoms with Crippen LogP contribution in [0.1, 0.15) is 37.9 Å². The topological polar surface area (TPSA) is 47.3 Å². The number of rotatable bonds is 3. The number of hydrogen-bond donors (Lipinski definition) is 2. The molecule has 0 aromatic heterocycles. The van der Waals surface area contributed by atoms with Gasteiger partial charge in [-0.05, 0) is 36.9 Å². The van der Waals surface area contributed by atoms with Crippen molar-refractivity contribution >= 4 is 0 Å². The molecule has 3 heteroatoms. The van der Waals surface area contributed by atoms with Gasteiger partial charge in [-0.25, -0.2) is 0 Å². The molecule has 2 heterocycles. The summed E-state index contributed by atoms with van der Waals surface area (Å²) in [5, 5.41) is 3.55. The summed E-state index contributed by atoms with van der Waals surface area (Å²) in [6.45, 7) is 3.34. The van der Waals surface area contributed by atoms with Crippen molar-refractivity contribution in [1.29, 1.82) is 0 Å². The smallest absolute Gasteiger partial charge is 0.129 e. The maximum atomic E-state index is 6.22. The third kappa shape index (κ3) is 2.74. The zero-order valence-corrected chi connectivity index (χ0v) is 12.1. The Morgan fingerprint density at radius 2 is 2.10 bits per heavy atom. The number of benzene rings is 1. The molecule has 3 nitrogen and oxygen atoms in total. The van der Waals surface area contributed by atoms with Crippen molar-refractivity contribution < 1.29 is 4.74 Å². The first kappa shape index (κ1) is 13.7. The predicted octanol–water partition coefficient (Wildman–Crippen LogP) is 2.75. The molecule has 1 aromatic carbocycles. The zero-order valence-electron chi connectivity index (χ0n) is 12.1. The minimum absolute atomic E-state index is 0.158. The Kier molecular flexibility index (Phi) is 4.08. The molecule has 4 atom stereocenters.